The summed E-state index contributed by atoms with van der Waals surface area (Å²) in [7, 11) is 0. The highest BCUT2D eigenvalue weighted by Crippen LogP contribution is 2.32. The van der Waals surface area contributed by atoms with Gasteiger partial charge in [0.25, 0.3) is 5.91 Å². The second kappa shape index (κ2) is 8.36. The van der Waals surface area contributed by atoms with Crippen LogP contribution in [0.25, 0.3) is 11.0 Å². The zero-order valence-corrected chi connectivity index (χ0v) is 16.4. The Bertz CT molecular complexity index is 1090. The molecular formula is C22H21NO7. The Morgan fingerprint density at radius 2 is 1.97 bits per heavy atom. The molecule has 1 aliphatic rings. The molecule has 1 N–H and O–H groups in total. The lowest BCUT2D eigenvalue weighted by molar-refractivity contribution is -0.151. The van der Waals surface area contributed by atoms with Crippen molar-refractivity contribution in [1.29, 1.82) is 0 Å². The van der Waals surface area contributed by atoms with E-state index in [0.717, 1.165) is 5.56 Å². The van der Waals surface area contributed by atoms with Crippen LogP contribution < -0.4 is 9.47 Å². The fraction of sp³-hybridized carbons (Fsp3) is 0.273. The molecule has 1 aromatic heterocycles. The number of carbonyl (C=O) groups excluding carboxylic acids is 2. The normalized spacial score (nSPS) is 12.2. The highest BCUT2D eigenvalue weighted by Gasteiger charge is 2.19. The second-order valence-electron chi connectivity index (χ2n) is 6.87. The summed E-state index contributed by atoms with van der Waals surface area (Å²) in [6.07, 6.45) is 1.42. The number of carbonyl (C=O) groups is 2. The third-order valence-electron chi connectivity index (χ3n) is 4.88. The average Bonchev–Trinajstić information content (AvgIpc) is 3.36. The number of benzene rings is 2. The van der Waals surface area contributed by atoms with E-state index in [2.05, 4.69) is 0 Å². The van der Waals surface area contributed by atoms with Crippen LogP contribution in [0.3, 0.4) is 0 Å². The molecule has 0 atom stereocenters. The molecule has 1 amide bonds. The summed E-state index contributed by atoms with van der Waals surface area (Å²) in [5.41, 5.74) is 2.01. The molecule has 156 valence electrons. The standard InChI is InChI=1S/C22H21NO7/c1-2-23(10-14-3-6-18-20(7-14)30-13-29-18)21(25)12-28-22(26)8-15-11-27-19-9-16(24)4-5-17(15)19/h3-7,9,11,24H,2,8,10,12-13H2,1H3. The van der Waals surface area contributed by atoms with Crippen LogP contribution in [0.5, 0.6) is 17.2 Å². The molecule has 1 aliphatic heterocycles. The first kappa shape index (κ1) is 19.6. The first-order chi connectivity index (χ1) is 14.5. The Balaban J connectivity index is 1.32. The van der Waals surface area contributed by atoms with E-state index in [-0.39, 0.29) is 31.5 Å². The van der Waals surface area contributed by atoms with Crippen LogP contribution in [0.2, 0.25) is 0 Å². The van der Waals surface area contributed by atoms with Crippen LogP contribution >= 0.6 is 0 Å². The SMILES string of the molecule is CCN(Cc1ccc2c(c1)OCO2)C(=O)COC(=O)Cc1coc2cc(O)ccc12. The number of esters is 1. The third kappa shape index (κ3) is 4.17. The van der Waals surface area contributed by atoms with Crippen LogP contribution in [0.4, 0.5) is 0 Å². The van der Waals surface area contributed by atoms with Gasteiger partial charge in [0.1, 0.15) is 11.3 Å². The van der Waals surface area contributed by atoms with Crippen molar-refractivity contribution in [2.24, 2.45) is 0 Å². The van der Waals surface area contributed by atoms with Gasteiger partial charge in [-0.3, -0.25) is 9.59 Å². The molecule has 0 aliphatic carbocycles. The van der Waals surface area contributed by atoms with Crippen molar-refractivity contribution in [3.63, 3.8) is 0 Å². The molecular weight excluding hydrogens is 390 g/mol. The highest BCUT2D eigenvalue weighted by molar-refractivity contribution is 5.87. The van der Waals surface area contributed by atoms with Gasteiger partial charge in [0.15, 0.2) is 18.1 Å². The van der Waals surface area contributed by atoms with Crippen molar-refractivity contribution in [2.75, 3.05) is 19.9 Å². The molecule has 0 spiro atoms. The van der Waals surface area contributed by atoms with E-state index >= 15 is 0 Å². The Hall–Kier alpha value is -3.68. The number of aromatic hydroxyl groups is 1. The number of amides is 1. The predicted octanol–water partition coefficient (Wildman–Crippen LogP) is 3.00. The summed E-state index contributed by atoms with van der Waals surface area (Å²) in [5.74, 6) is 0.606. The van der Waals surface area contributed by atoms with E-state index in [4.69, 9.17) is 18.6 Å². The molecule has 2 heterocycles. The average molecular weight is 411 g/mol. The number of phenols is 1. The van der Waals surface area contributed by atoms with Crippen molar-refractivity contribution in [1.82, 2.24) is 4.90 Å². The second-order valence-corrected chi connectivity index (χ2v) is 6.87. The number of likely N-dealkylation sites (N-methyl/N-ethyl adjacent to an activating group) is 1. The van der Waals surface area contributed by atoms with Crippen molar-refractivity contribution in [3.8, 4) is 17.2 Å². The number of ether oxygens (including phenoxy) is 3. The molecule has 4 rings (SSSR count). The van der Waals surface area contributed by atoms with Crippen LogP contribution in [-0.4, -0.2) is 41.8 Å². The summed E-state index contributed by atoms with van der Waals surface area (Å²) in [4.78, 5) is 26.3. The van der Waals surface area contributed by atoms with Crippen molar-refractivity contribution in [2.45, 2.75) is 19.9 Å². The van der Waals surface area contributed by atoms with Crippen molar-refractivity contribution < 1.29 is 33.3 Å². The molecule has 8 nitrogen and oxygen atoms in total. The highest BCUT2D eigenvalue weighted by atomic mass is 16.7. The molecule has 0 unspecified atom stereocenters. The smallest absolute Gasteiger partial charge is 0.310 e. The molecule has 0 bridgehead atoms. The fourth-order valence-electron chi connectivity index (χ4n) is 3.28. The van der Waals surface area contributed by atoms with Gasteiger partial charge in [0, 0.05) is 30.1 Å². The number of fused-ring (bicyclic) bond motifs is 2. The molecule has 8 heteroatoms. The maximum absolute atomic E-state index is 12.5. The van der Waals surface area contributed by atoms with Gasteiger partial charge in [-0.15, -0.1) is 0 Å². The van der Waals surface area contributed by atoms with E-state index in [0.29, 0.717) is 41.1 Å². The van der Waals surface area contributed by atoms with Crippen LogP contribution in [-0.2, 0) is 27.3 Å². The number of hydrogen-bond acceptors (Lipinski definition) is 7. The van der Waals surface area contributed by atoms with E-state index in [1.54, 1.807) is 11.0 Å². The molecule has 2 aromatic carbocycles. The van der Waals surface area contributed by atoms with Gasteiger partial charge in [-0.1, -0.05) is 6.07 Å². The van der Waals surface area contributed by atoms with Gasteiger partial charge in [0.2, 0.25) is 6.79 Å². The molecule has 3 aromatic rings. The number of furan rings is 1. The zero-order valence-electron chi connectivity index (χ0n) is 16.4. The lowest BCUT2D eigenvalue weighted by atomic mass is 10.1. The van der Waals surface area contributed by atoms with Gasteiger partial charge < -0.3 is 28.6 Å². The maximum Gasteiger partial charge on any atom is 0.310 e. The van der Waals surface area contributed by atoms with Crippen LogP contribution in [0.15, 0.2) is 47.1 Å². The summed E-state index contributed by atoms with van der Waals surface area (Å²) >= 11 is 0. The first-order valence-electron chi connectivity index (χ1n) is 9.54. The molecule has 30 heavy (non-hydrogen) atoms. The Kier molecular flexibility index (Phi) is 5.47. The van der Waals surface area contributed by atoms with Crippen molar-refractivity contribution in [3.05, 3.63) is 53.8 Å². The Morgan fingerprint density at radius 3 is 2.80 bits per heavy atom. The number of phenolic OH excluding ortho intramolecular Hbond substituents is 1. The topological polar surface area (TPSA) is 98.4 Å². The fourth-order valence-corrected chi connectivity index (χ4v) is 3.28. The van der Waals surface area contributed by atoms with E-state index < -0.39 is 5.97 Å². The van der Waals surface area contributed by atoms with Gasteiger partial charge in [-0.25, -0.2) is 0 Å². The first-order valence-corrected chi connectivity index (χ1v) is 9.54. The lowest BCUT2D eigenvalue weighted by Gasteiger charge is -2.21. The van der Waals surface area contributed by atoms with Gasteiger partial charge in [-0.2, -0.15) is 0 Å². The summed E-state index contributed by atoms with van der Waals surface area (Å²) in [6.45, 7) is 2.56. The summed E-state index contributed by atoms with van der Waals surface area (Å²) in [6, 6.07) is 10.2. The van der Waals surface area contributed by atoms with Crippen molar-refractivity contribution >= 4 is 22.8 Å². The van der Waals surface area contributed by atoms with Gasteiger partial charge in [-0.05, 0) is 36.8 Å². The van der Waals surface area contributed by atoms with E-state index in [1.807, 2.05) is 25.1 Å². The molecule has 0 saturated carbocycles. The number of hydrogen-bond donors (Lipinski definition) is 1. The third-order valence-corrected chi connectivity index (χ3v) is 4.88. The summed E-state index contributed by atoms with van der Waals surface area (Å²) in [5, 5.41) is 10.2. The number of nitrogens with zero attached hydrogens (tertiary/aromatic N) is 1. The summed E-state index contributed by atoms with van der Waals surface area (Å²) < 4.78 is 21.2. The van der Waals surface area contributed by atoms with Crippen LogP contribution in [0.1, 0.15) is 18.1 Å². The van der Waals surface area contributed by atoms with Crippen LogP contribution in [0, 0.1) is 0 Å². The quantitative estimate of drug-likeness (QED) is 0.597. The van der Waals surface area contributed by atoms with E-state index in [9.17, 15) is 14.7 Å². The minimum atomic E-state index is -0.529. The van der Waals surface area contributed by atoms with Gasteiger partial charge in [0.05, 0.1) is 12.7 Å². The zero-order chi connectivity index (χ0) is 21.1. The Labute approximate surface area is 172 Å². The Morgan fingerprint density at radius 1 is 1.13 bits per heavy atom. The minimum absolute atomic E-state index is 0.0284. The minimum Gasteiger partial charge on any atom is -0.508 e. The molecule has 0 radical (unpaired) electrons. The predicted molar refractivity (Wildman–Crippen MR) is 106 cm³/mol. The monoisotopic (exact) mass is 411 g/mol. The molecule has 0 fully saturated rings. The van der Waals surface area contributed by atoms with Gasteiger partial charge >= 0.3 is 5.97 Å². The maximum atomic E-state index is 12.5. The molecule has 0 saturated heterocycles. The largest absolute Gasteiger partial charge is 0.508 e. The van der Waals surface area contributed by atoms with E-state index in [1.165, 1.54) is 18.4 Å². The lowest BCUT2D eigenvalue weighted by Crippen LogP contribution is -2.34. The number of rotatable bonds is 7.